The third-order valence-electron chi connectivity index (χ3n) is 4.17. The summed E-state index contributed by atoms with van der Waals surface area (Å²) in [5.41, 5.74) is 0.0623. The summed E-state index contributed by atoms with van der Waals surface area (Å²) >= 11 is 0. The Bertz CT molecular complexity index is 224. The van der Waals surface area contributed by atoms with Gasteiger partial charge in [0.25, 0.3) is 0 Å². The van der Waals surface area contributed by atoms with Crippen molar-refractivity contribution >= 4 is 0 Å². The molecule has 0 bridgehead atoms. The second-order valence-corrected chi connectivity index (χ2v) is 5.32. The highest BCUT2D eigenvalue weighted by Gasteiger charge is 2.47. The lowest BCUT2D eigenvalue weighted by molar-refractivity contribution is -0.212. The maximum Gasteiger partial charge on any atom is 0.120 e. The molecule has 0 radical (unpaired) electrons. The number of hydrogen-bond acceptors (Lipinski definition) is 3. The van der Waals surface area contributed by atoms with Gasteiger partial charge in [-0.3, -0.25) is 5.32 Å². The molecule has 2 spiro atoms. The summed E-state index contributed by atoms with van der Waals surface area (Å²) in [5.74, 6) is 0. The Balaban J connectivity index is 1.74. The first-order valence-corrected chi connectivity index (χ1v) is 6.36. The van der Waals surface area contributed by atoms with Crippen LogP contribution in [0.4, 0.5) is 0 Å². The van der Waals surface area contributed by atoms with Gasteiger partial charge in [0, 0.05) is 19.6 Å². The molecule has 0 aromatic heterocycles. The molecule has 1 N–H and O–H groups in total. The van der Waals surface area contributed by atoms with E-state index in [0.717, 1.165) is 32.6 Å². The lowest BCUT2D eigenvalue weighted by atomic mass is 9.86. The van der Waals surface area contributed by atoms with Crippen LogP contribution in [-0.4, -0.2) is 31.1 Å². The predicted octanol–water partition coefficient (Wildman–Crippen LogP) is 1.82. The van der Waals surface area contributed by atoms with E-state index >= 15 is 0 Å². The van der Waals surface area contributed by atoms with E-state index in [1.807, 2.05) is 0 Å². The molecule has 3 aliphatic rings. The summed E-state index contributed by atoms with van der Waals surface area (Å²) < 4.78 is 11.9. The van der Waals surface area contributed by atoms with Gasteiger partial charge >= 0.3 is 0 Å². The minimum atomic E-state index is 0.00417. The van der Waals surface area contributed by atoms with E-state index in [4.69, 9.17) is 9.47 Å². The highest BCUT2D eigenvalue weighted by atomic mass is 16.6. The molecule has 3 nitrogen and oxygen atoms in total. The van der Waals surface area contributed by atoms with Crippen molar-refractivity contribution in [1.82, 2.24) is 5.32 Å². The minimum absolute atomic E-state index is 0.00417. The Kier molecular flexibility index (Phi) is 2.49. The molecular weight excluding hydrogens is 190 g/mol. The van der Waals surface area contributed by atoms with Crippen molar-refractivity contribution in [3.63, 3.8) is 0 Å². The summed E-state index contributed by atoms with van der Waals surface area (Å²) in [7, 11) is 0. The molecule has 2 heterocycles. The largest absolute Gasteiger partial charge is 0.378 e. The van der Waals surface area contributed by atoms with E-state index in [2.05, 4.69) is 5.32 Å². The fraction of sp³-hybridized carbons (Fsp3) is 1.00. The van der Waals surface area contributed by atoms with Gasteiger partial charge in [0.2, 0.25) is 0 Å². The molecular formula is C12H21NO2. The van der Waals surface area contributed by atoms with E-state index in [9.17, 15) is 0 Å². The van der Waals surface area contributed by atoms with Gasteiger partial charge in [-0.1, -0.05) is 6.42 Å². The zero-order valence-electron chi connectivity index (χ0n) is 9.39. The Morgan fingerprint density at radius 1 is 0.933 bits per heavy atom. The monoisotopic (exact) mass is 211 g/mol. The van der Waals surface area contributed by atoms with E-state index in [1.54, 1.807) is 0 Å². The molecule has 0 aromatic rings. The van der Waals surface area contributed by atoms with Gasteiger partial charge in [0.05, 0.1) is 12.2 Å². The van der Waals surface area contributed by atoms with Crippen LogP contribution in [0.1, 0.15) is 44.9 Å². The van der Waals surface area contributed by atoms with Gasteiger partial charge < -0.3 is 9.47 Å². The molecule has 0 aromatic carbocycles. The summed E-state index contributed by atoms with van der Waals surface area (Å²) in [6.07, 6.45) is 8.58. The molecule has 0 amide bonds. The summed E-state index contributed by atoms with van der Waals surface area (Å²) in [6, 6.07) is 0. The fourth-order valence-electron chi connectivity index (χ4n) is 3.29. The second kappa shape index (κ2) is 3.72. The summed E-state index contributed by atoms with van der Waals surface area (Å²) in [5, 5.41) is 3.61. The SMILES string of the molecule is C1CCC2(CC1)NCCC1(CCOC1)O2. The van der Waals surface area contributed by atoms with E-state index in [1.165, 1.54) is 32.1 Å². The molecule has 1 aliphatic carbocycles. The zero-order valence-corrected chi connectivity index (χ0v) is 9.39. The van der Waals surface area contributed by atoms with Crippen molar-refractivity contribution in [3.8, 4) is 0 Å². The Hall–Kier alpha value is -0.120. The van der Waals surface area contributed by atoms with Crippen LogP contribution in [0.3, 0.4) is 0 Å². The number of ether oxygens (including phenoxy) is 2. The third kappa shape index (κ3) is 1.81. The predicted molar refractivity (Wildman–Crippen MR) is 57.7 cm³/mol. The molecule has 1 unspecified atom stereocenters. The lowest BCUT2D eigenvalue weighted by Gasteiger charge is -2.48. The van der Waals surface area contributed by atoms with Gasteiger partial charge in [0.15, 0.2) is 0 Å². The zero-order chi connectivity index (χ0) is 10.2. The van der Waals surface area contributed by atoms with Crippen molar-refractivity contribution in [2.24, 2.45) is 0 Å². The first-order valence-electron chi connectivity index (χ1n) is 6.36. The molecule has 3 fully saturated rings. The maximum absolute atomic E-state index is 6.43. The van der Waals surface area contributed by atoms with Crippen LogP contribution >= 0.6 is 0 Å². The van der Waals surface area contributed by atoms with Crippen LogP contribution in [-0.2, 0) is 9.47 Å². The van der Waals surface area contributed by atoms with Gasteiger partial charge in [-0.25, -0.2) is 0 Å². The Morgan fingerprint density at radius 2 is 1.80 bits per heavy atom. The van der Waals surface area contributed by atoms with Gasteiger partial charge in [-0.05, 0) is 32.1 Å². The first kappa shape index (κ1) is 10.1. The molecule has 2 saturated heterocycles. The number of hydrogen-bond donors (Lipinski definition) is 1. The molecule has 86 valence electrons. The average Bonchev–Trinajstić information content (AvgIpc) is 2.67. The number of nitrogens with one attached hydrogen (secondary N) is 1. The minimum Gasteiger partial charge on any atom is -0.378 e. The van der Waals surface area contributed by atoms with E-state index < -0.39 is 0 Å². The van der Waals surface area contributed by atoms with Crippen LogP contribution in [0.5, 0.6) is 0 Å². The van der Waals surface area contributed by atoms with Crippen LogP contribution < -0.4 is 5.32 Å². The quantitative estimate of drug-likeness (QED) is 0.663. The van der Waals surface area contributed by atoms with Gasteiger partial charge in [0.1, 0.15) is 5.72 Å². The second-order valence-electron chi connectivity index (χ2n) is 5.32. The van der Waals surface area contributed by atoms with Crippen molar-refractivity contribution in [3.05, 3.63) is 0 Å². The van der Waals surface area contributed by atoms with Crippen LogP contribution in [0, 0.1) is 0 Å². The van der Waals surface area contributed by atoms with Crippen molar-refractivity contribution in [2.45, 2.75) is 56.3 Å². The van der Waals surface area contributed by atoms with E-state index in [0.29, 0.717) is 0 Å². The lowest BCUT2D eigenvalue weighted by Crippen LogP contribution is -2.60. The Labute approximate surface area is 91.5 Å². The van der Waals surface area contributed by atoms with Crippen molar-refractivity contribution in [2.75, 3.05) is 19.8 Å². The standard InChI is InChI=1S/C12H21NO2/c1-2-4-12(5-3-1)13-8-6-11(15-12)7-9-14-10-11/h13H,1-10H2. The average molecular weight is 211 g/mol. The normalized spacial score (nSPS) is 40.0. The van der Waals surface area contributed by atoms with Crippen molar-refractivity contribution in [1.29, 1.82) is 0 Å². The van der Waals surface area contributed by atoms with Gasteiger partial charge in [-0.2, -0.15) is 0 Å². The van der Waals surface area contributed by atoms with E-state index in [-0.39, 0.29) is 11.3 Å². The van der Waals surface area contributed by atoms with Crippen LogP contribution in [0.25, 0.3) is 0 Å². The van der Waals surface area contributed by atoms with Crippen LogP contribution in [0.2, 0.25) is 0 Å². The van der Waals surface area contributed by atoms with Crippen molar-refractivity contribution < 1.29 is 9.47 Å². The molecule has 1 saturated carbocycles. The molecule has 1 atom stereocenters. The first-order chi connectivity index (χ1) is 7.33. The maximum atomic E-state index is 6.43. The van der Waals surface area contributed by atoms with Crippen LogP contribution in [0.15, 0.2) is 0 Å². The smallest absolute Gasteiger partial charge is 0.120 e. The molecule has 2 aliphatic heterocycles. The topological polar surface area (TPSA) is 30.5 Å². The molecule has 3 rings (SSSR count). The number of rotatable bonds is 0. The highest BCUT2D eigenvalue weighted by molar-refractivity contribution is 4.96. The molecule has 15 heavy (non-hydrogen) atoms. The van der Waals surface area contributed by atoms with Gasteiger partial charge in [-0.15, -0.1) is 0 Å². The summed E-state index contributed by atoms with van der Waals surface area (Å²) in [6.45, 7) is 2.80. The summed E-state index contributed by atoms with van der Waals surface area (Å²) in [4.78, 5) is 0. The molecule has 3 heteroatoms. The highest BCUT2D eigenvalue weighted by Crippen LogP contribution is 2.40. The third-order valence-corrected chi connectivity index (χ3v) is 4.17. The fourth-order valence-corrected chi connectivity index (χ4v) is 3.29. The Morgan fingerprint density at radius 3 is 2.53 bits per heavy atom.